The Kier molecular flexibility index (Phi) is 4.28. The van der Waals surface area contributed by atoms with Gasteiger partial charge in [-0.1, -0.05) is 6.07 Å². The van der Waals surface area contributed by atoms with E-state index < -0.39 is 0 Å². The number of nitrogens with zero attached hydrogens (tertiary/aromatic N) is 4. The fourth-order valence-corrected chi connectivity index (χ4v) is 2.01. The van der Waals surface area contributed by atoms with Gasteiger partial charge in [0, 0.05) is 5.69 Å². The van der Waals surface area contributed by atoms with E-state index >= 15 is 0 Å². The molecule has 0 spiro atoms. The highest BCUT2D eigenvalue weighted by molar-refractivity contribution is 6.02. The number of hydrogen-bond acceptors (Lipinski definition) is 5. The van der Waals surface area contributed by atoms with Gasteiger partial charge in [-0.05, 0) is 43.3 Å². The largest absolute Gasteiger partial charge is 0.494 e. The summed E-state index contributed by atoms with van der Waals surface area (Å²) in [5, 5.41) is 10.3. The number of pyridine rings is 1. The fourth-order valence-electron chi connectivity index (χ4n) is 2.01. The first-order valence-corrected chi connectivity index (χ1v) is 7.12. The Morgan fingerprint density at radius 3 is 2.57 bits per heavy atom. The van der Waals surface area contributed by atoms with Crippen LogP contribution in [0.3, 0.4) is 0 Å². The molecule has 0 aliphatic rings. The van der Waals surface area contributed by atoms with Crippen LogP contribution >= 0.6 is 0 Å². The molecule has 2 heterocycles. The van der Waals surface area contributed by atoms with Gasteiger partial charge in [-0.3, -0.25) is 9.36 Å². The maximum Gasteiger partial charge on any atom is 0.274 e. The predicted molar refractivity (Wildman–Crippen MR) is 84.7 cm³/mol. The van der Waals surface area contributed by atoms with E-state index in [0.29, 0.717) is 23.8 Å². The molecule has 0 atom stereocenters. The van der Waals surface area contributed by atoms with Gasteiger partial charge in [0.2, 0.25) is 0 Å². The van der Waals surface area contributed by atoms with Crippen molar-refractivity contribution in [3.63, 3.8) is 0 Å². The van der Waals surface area contributed by atoms with Crippen LogP contribution in [0.5, 0.6) is 5.75 Å². The van der Waals surface area contributed by atoms with Crippen molar-refractivity contribution in [2.75, 3.05) is 11.9 Å². The summed E-state index contributed by atoms with van der Waals surface area (Å²) in [7, 11) is 0. The molecule has 0 aliphatic heterocycles. The molecule has 2 aromatic heterocycles. The minimum atomic E-state index is -0.288. The molecule has 0 radical (unpaired) electrons. The van der Waals surface area contributed by atoms with Crippen LogP contribution in [0.2, 0.25) is 0 Å². The zero-order chi connectivity index (χ0) is 16.1. The summed E-state index contributed by atoms with van der Waals surface area (Å²) >= 11 is 0. The van der Waals surface area contributed by atoms with Gasteiger partial charge in [0.25, 0.3) is 5.91 Å². The number of hydrogen-bond donors (Lipinski definition) is 1. The number of amides is 1. The number of aromatic nitrogens is 4. The summed E-state index contributed by atoms with van der Waals surface area (Å²) in [6.07, 6.45) is 3.05. The van der Waals surface area contributed by atoms with Gasteiger partial charge in [0.1, 0.15) is 29.9 Å². The molecule has 7 nitrogen and oxygen atoms in total. The molecule has 0 saturated carbocycles. The Morgan fingerprint density at radius 2 is 1.87 bits per heavy atom. The first kappa shape index (κ1) is 14.7. The molecule has 23 heavy (non-hydrogen) atoms. The Balaban J connectivity index is 1.74. The number of carbonyl (C=O) groups excluding carboxylic acids is 1. The quantitative estimate of drug-likeness (QED) is 0.782. The zero-order valence-electron chi connectivity index (χ0n) is 12.5. The number of anilines is 1. The number of ether oxygens (including phenoxy) is 1. The standard InChI is InChI=1S/C16H15N5O2/c1-2-23-13-8-6-12(7-9-13)19-16(22)14-4-3-5-15(20-14)21-10-17-18-11-21/h3-11H,2H2,1H3,(H,19,22). The summed E-state index contributed by atoms with van der Waals surface area (Å²) in [5.41, 5.74) is 0.986. The molecule has 3 aromatic rings. The van der Waals surface area contributed by atoms with E-state index in [1.165, 1.54) is 12.7 Å². The summed E-state index contributed by atoms with van der Waals surface area (Å²) in [4.78, 5) is 16.6. The van der Waals surface area contributed by atoms with Crippen molar-refractivity contribution < 1.29 is 9.53 Å². The molecule has 1 amide bonds. The van der Waals surface area contributed by atoms with Crippen molar-refractivity contribution in [3.05, 3.63) is 60.8 Å². The highest BCUT2D eigenvalue weighted by atomic mass is 16.5. The summed E-state index contributed by atoms with van der Waals surface area (Å²) in [5.74, 6) is 1.05. The van der Waals surface area contributed by atoms with Crippen molar-refractivity contribution in [2.45, 2.75) is 6.92 Å². The van der Waals surface area contributed by atoms with Crippen molar-refractivity contribution >= 4 is 11.6 Å². The Bertz CT molecular complexity index is 784. The lowest BCUT2D eigenvalue weighted by atomic mass is 10.2. The average Bonchev–Trinajstić information content (AvgIpc) is 3.12. The molecule has 7 heteroatoms. The van der Waals surface area contributed by atoms with Crippen LogP contribution in [0.1, 0.15) is 17.4 Å². The van der Waals surface area contributed by atoms with E-state index in [-0.39, 0.29) is 5.91 Å². The molecular formula is C16H15N5O2. The Morgan fingerprint density at radius 1 is 1.13 bits per heavy atom. The van der Waals surface area contributed by atoms with Crippen LogP contribution in [0, 0.1) is 0 Å². The molecule has 3 rings (SSSR count). The van der Waals surface area contributed by atoms with Crippen molar-refractivity contribution in [3.8, 4) is 11.6 Å². The second kappa shape index (κ2) is 6.69. The molecule has 0 aliphatic carbocycles. The lowest BCUT2D eigenvalue weighted by Gasteiger charge is -2.08. The number of rotatable bonds is 5. The third-order valence-electron chi connectivity index (χ3n) is 3.07. The first-order valence-electron chi connectivity index (χ1n) is 7.12. The third kappa shape index (κ3) is 3.52. The van der Waals surface area contributed by atoms with Crippen molar-refractivity contribution in [1.82, 2.24) is 19.7 Å². The van der Waals surface area contributed by atoms with Crippen molar-refractivity contribution in [1.29, 1.82) is 0 Å². The Hall–Kier alpha value is -3.22. The number of nitrogens with one attached hydrogen (secondary N) is 1. The second-order valence-electron chi connectivity index (χ2n) is 4.66. The van der Waals surface area contributed by atoms with Gasteiger partial charge >= 0.3 is 0 Å². The van der Waals surface area contributed by atoms with E-state index in [0.717, 1.165) is 5.75 Å². The van der Waals surface area contributed by atoms with Gasteiger partial charge in [0.15, 0.2) is 0 Å². The van der Waals surface area contributed by atoms with Gasteiger partial charge in [-0.2, -0.15) is 0 Å². The van der Waals surface area contributed by atoms with Crippen LogP contribution < -0.4 is 10.1 Å². The van der Waals surface area contributed by atoms with Gasteiger partial charge < -0.3 is 10.1 Å². The number of benzene rings is 1. The number of carbonyl (C=O) groups is 1. The SMILES string of the molecule is CCOc1ccc(NC(=O)c2cccc(-n3cnnc3)n2)cc1. The van der Waals surface area contributed by atoms with Gasteiger partial charge in [-0.25, -0.2) is 4.98 Å². The van der Waals surface area contributed by atoms with E-state index in [4.69, 9.17) is 4.74 Å². The predicted octanol–water partition coefficient (Wildman–Crippen LogP) is 2.31. The molecule has 0 bridgehead atoms. The normalized spacial score (nSPS) is 10.3. The van der Waals surface area contributed by atoms with Crippen LogP contribution in [0.4, 0.5) is 5.69 Å². The van der Waals surface area contributed by atoms with E-state index in [1.54, 1.807) is 47.0 Å². The van der Waals surface area contributed by atoms with Crippen LogP contribution in [-0.2, 0) is 0 Å². The highest BCUT2D eigenvalue weighted by Crippen LogP contribution is 2.16. The van der Waals surface area contributed by atoms with Gasteiger partial charge in [0.05, 0.1) is 6.61 Å². The van der Waals surface area contributed by atoms with Crippen LogP contribution in [0.15, 0.2) is 55.1 Å². The monoisotopic (exact) mass is 309 g/mol. The molecule has 116 valence electrons. The minimum absolute atomic E-state index is 0.288. The molecule has 0 saturated heterocycles. The highest BCUT2D eigenvalue weighted by Gasteiger charge is 2.09. The van der Waals surface area contributed by atoms with E-state index in [1.807, 2.05) is 6.92 Å². The maximum absolute atomic E-state index is 12.3. The van der Waals surface area contributed by atoms with E-state index in [2.05, 4.69) is 20.5 Å². The first-order chi connectivity index (χ1) is 11.3. The summed E-state index contributed by atoms with van der Waals surface area (Å²) in [6.45, 7) is 2.52. The van der Waals surface area contributed by atoms with E-state index in [9.17, 15) is 4.79 Å². The molecule has 0 unspecified atom stereocenters. The van der Waals surface area contributed by atoms with Crippen molar-refractivity contribution in [2.24, 2.45) is 0 Å². The zero-order valence-corrected chi connectivity index (χ0v) is 12.5. The van der Waals surface area contributed by atoms with Crippen LogP contribution in [-0.4, -0.2) is 32.3 Å². The summed E-state index contributed by atoms with van der Waals surface area (Å²) < 4.78 is 7.00. The maximum atomic E-state index is 12.3. The Labute approximate surface area is 133 Å². The molecule has 1 aromatic carbocycles. The minimum Gasteiger partial charge on any atom is -0.494 e. The third-order valence-corrected chi connectivity index (χ3v) is 3.07. The summed E-state index contributed by atoms with van der Waals surface area (Å²) in [6, 6.07) is 12.4. The lowest BCUT2D eigenvalue weighted by Crippen LogP contribution is -2.14. The molecule has 1 N–H and O–H groups in total. The average molecular weight is 309 g/mol. The molecular weight excluding hydrogens is 294 g/mol. The second-order valence-corrected chi connectivity index (χ2v) is 4.66. The lowest BCUT2D eigenvalue weighted by molar-refractivity contribution is 0.102. The molecule has 0 fully saturated rings. The topological polar surface area (TPSA) is 81.9 Å². The van der Waals surface area contributed by atoms with Crippen LogP contribution in [0.25, 0.3) is 5.82 Å². The fraction of sp³-hybridized carbons (Fsp3) is 0.125. The van der Waals surface area contributed by atoms with Gasteiger partial charge in [-0.15, -0.1) is 10.2 Å². The smallest absolute Gasteiger partial charge is 0.274 e.